The molecule has 2 N–H and O–H groups in total. The Morgan fingerprint density at radius 3 is 2.21 bits per heavy atom. The molecule has 0 aromatic heterocycles. The summed E-state index contributed by atoms with van der Waals surface area (Å²) in [5.74, 6) is -6.61. The van der Waals surface area contributed by atoms with Gasteiger partial charge in [0.1, 0.15) is 30.1 Å². The molecule has 67 heavy (non-hydrogen) atoms. The van der Waals surface area contributed by atoms with Crippen LogP contribution in [0.4, 0.5) is 0 Å². The van der Waals surface area contributed by atoms with Crippen LogP contribution in [0.2, 0.25) is 0 Å². The van der Waals surface area contributed by atoms with E-state index in [0.717, 1.165) is 24.8 Å². The molecule has 3 fully saturated rings. The number of aliphatic hydroxyl groups is 2. The lowest BCUT2D eigenvalue weighted by Gasteiger charge is -2.42. The third kappa shape index (κ3) is 14.8. The SMILES string of the molecule is CO[C@H]1C[C@@H]2CC[C@@H](C)[C@@](O)(O2)C(=O)C(=O)N2CCCC[C@H]2C(=O)O[C@H]([C@H](C)C[C@@H]2CC[C@@H](C(C)C)[C@H](OC)C2)CC(=O)[C@H](C)/C=C(\C)[C@@H](O)[C@@H](OC)C(=O)[C@H](C)C[C@H](C)/C=C/C=C/C=C/1C. The Hall–Kier alpha value is -3.33. The number of hydrogen-bond acceptors (Lipinski definition) is 12. The minimum absolute atomic E-state index is 0.0289. The van der Waals surface area contributed by atoms with Gasteiger partial charge in [-0.3, -0.25) is 19.2 Å². The lowest BCUT2D eigenvalue weighted by atomic mass is 9.72. The molecule has 2 saturated heterocycles. The quantitative estimate of drug-likeness (QED) is 0.143. The van der Waals surface area contributed by atoms with Crippen molar-refractivity contribution in [3.63, 3.8) is 0 Å². The van der Waals surface area contributed by atoms with Crippen molar-refractivity contribution in [2.45, 2.75) is 188 Å². The maximum Gasteiger partial charge on any atom is 0.329 e. The molecule has 0 radical (unpaired) electrons. The maximum atomic E-state index is 14.5. The Bertz CT molecular complexity index is 1800. The standard InChI is InChI=1S/C54H85NO12/c1-32(2)42-24-22-40(29-47(42)64-11)28-36(6)46-31-44(56)35(5)27-38(8)49(58)50(65-12)48(57)37(7)26-33(3)18-14-13-15-19-34(4)45(63-10)30-41-23-21-39(9)54(62,67-41)51(59)52(60)55-25-17-16-20-43(55)53(61)66-46/h13-15,18-19,27,32-33,35-37,39-43,45-47,49-50,58,62H,16-17,20-26,28-31H2,1-12H3/b15-13+,18-14+,34-19+,38-27+/t33-,35-,36-,37-,39-,40+,41+,42+,43+,45+,46+,47-,49-,50+,54-/m1/s1. The van der Waals surface area contributed by atoms with E-state index in [-0.39, 0.29) is 54.8 Å². The first kappa shape index (κ1) is 56.3. The van der Waals surface area contributed by atoms with E-state index in [4.69, 9.17) is 23.7 Å². The molecule has 3 heterocycles. The van der Waals surface area contributed by atoms with E-state index in [9.17, 15) is 34.2 Å². The number of ketones is 3. The molecule has 4 rings (SSSR count). The zero-order chi connectivity index (χ0) is 49.7. The normalized spacial score (nSPS) is 39.7. The van der Waals surface area contributed by atoms with Gasteiger partial charge in [0.05, 0.1) is 18.3 Å². The van der Waals surface area contributed by atoms with Gasteiger partial charge in [0.25, 0.3) is 11.7 Å². The lowest BCUT2D eigenvalue weighted by molar-refractivity contribution is -0.265. The van der Waals surface area contributed by atoms with E-state index in [1.807, 2.05) is 58.1 Å². The number of carbonyl (C=O) groups is 5. The molecule has 0 unspecified atom stereocenters. The number of allylic oxidation sites excluding steroid dienone is 6. The Labute approximate surface area is 401 Å². The minimum atomic E-state index is -2.41. The first-order valence-electron chi connectivity index (χ1n) is 25.2. The molecule has 0 aromatic carbocycles. The molecule has 0 spiro atoms. The average molecular weight is 940 g/mol. The summed E-state index contributed by atoms with van der Waals surface area (Å²) < 4.78 is 29.9. The molecule has 2 bridgehead atoms. The Kier molecular flexibility index (Phi) is 21.9. The Morgan fingerprint density at radius 2 is 1.55 bits per heavy atom. The van der Waals surface area contributed by atoms with Crippen molar-refractivity contribution in [1.29, 1.82) is 0 Å². The number of amides is 1. The van der Waals surface area contributed by atoms with Gasteiger partial charge < -0.3 is 38.8 Å². The molecule has 1 aliphatic carbocycles. The summed E-state index contributed by atoms with van der Waals surface area (Å²) in [5, 5.41) is 23.5. The predicted molar refractivity (Wildman–Crippen MR) is 257 cm³/mol. The van der Waals surface area contributed by atoms with E-state index in [1.165, 1.54) is 12.0 Å². The van der Waals surface area contributed by atoms with Gasteiger partial charge in [-0.1, -0.05) is 84.9 Å². The van der Waals surface area contributed by atoms with Gasteiger partial charge in [-0.2, -0.15) is 0 Å². The van der Waals surface area contributed by atoms with Crippen LogP contribution in [0.15, 0.2) is 47.6 Å². The van der Waals surface area contributed by atoms with Gasteiger partial charge in [-0.05, 0) is 119 Å². The van der Waals surface area contributed by atoms with Gasteiger partial charge in [-0.25, -0.2) is 4.79 Å². The number of piperidine rings is 1. The van der Waals surface area contributed by atoms with Gasteiger partial charge in [0.2, 0.25) is 5.79 Å². The van der Waals surface area contributed by atoms with Gasteiger partial charge in [-0.15, -0.1) is 0 Å². The van der Waals surface area contributed by atoms with Gasteiger partial charge >= 0.3 is 5.97 Å². The number of methoxy groups -OCH3 is 3. The van der Waals surface area contributed by atoms with Crippen LogP contribution in [0.3, 0.4) is 0 Å². The molecular weight excluding hydrogens is 855 g/mol. The summed E-state index contributed by atoms with van der Waals surface area (Å²) in [7, 11) is 4.73. The topological polar surface area (TPSA) is 175 Å². The lowest BCUT2D eigenvalue weighted by Crippen LogP contribution is -2.61. The monoisotopic (exact) mass is 940 g/mol. The van der Waals surface area contributed by atoms with Crippen LogP contribution in [-0.4, -0.2) is 121 Å². The van der Waals surface area contributed by atoms with Crippen molar-refractivity contribution in [2.75, 3.05) is 27.9 Å². The first-order chi connectivity index (χ1) is 31.7. The molecule has 4 aliphatic rings. The minimum Gasteiger partial charge on any atom is -0.460 e. The van der Waals surface area contributed by atoms with Crippen molar-refractivity contribution in [3.8, 4) is 0 Å². The fourth-order valence-electron chi connectivity index (χ4n) is 10.9. The molecule has 13 nitrogen and oxygen atoms in total. The number of aliphatic hydroxyl groups excluding tert-OH is 1. The highest BCUT2D eigenvalue weighted by Crippen LogP contribution is 2.40. The number of nitrogens with zero attached hydrogens (tertiary/aromatic N) is 1. The highest BCUT2D eigenvalue weighted by atomic mass is 16.6. The molecule has 0 aromatic rings. The molecule has 378 valence electrons. The van der Waals surface area contributed by atoms with Crippen LogP contribution in [0.25, 0.3) is 0 Å². The Morgan fingerprint density at radius 1 is 0.836 bits per heavy atom. The molecule has 1 amide bonds. The molecular formula is C54H85NO12. The van der Waals surface area contributed by atoms with Crippen molar-refractivity contribution < 1.29 is 57.9 Å². The van der Waals surface area contributed by atoms with Crippen molar-refractivity contribution in [1.82, 2.24) is 4.90 Å². The van der Waals surface area contributed by atoms with Crippen LogP contribution in [-0.2, 0) is 47.7 Å². The zero-order valence-corrected chi connectivity index (χ0v) is 42.7. The van der Waals surface area contributed by atoms with Crippen molar-refractivity contribution >= 4 is 29.2 Å². The maximum absolute atomic E-state index is 14.5. The van der Waals surface area contributed by atoms with Crippen LogP contribution in [0.1, 0.15) is 139 Å². The fraction of sp³-hybridized carbons (Fsp3) is 0.759. The van der Waals surface area contributed by atoms with Crippen molar-refractivity contribution in [3.05, 3.63) is 47.6 Å². The summed E-state index contributed by atoms with van der Waals surface area (Å²) in [6.07, 6.45) is 13.6. The van der Waals surface area contributed by atoms with Crippen LogP contribution in [0.5, 0.6) is 0 Å². The summed E-state index contributed by atoms with van der Waals surface area (Å²) in [6, 6.07) is -1.11. The van der Waals surface area contributed by atoms with Crippen LogP contribution < -0.4 is 0 Å². The molecule has 15 atom stereocenters. The van der Waals surface area contributed by atoms with E-state index < -0.39 is 77.8 Å². The number of rotatable bonds is 7. The van der Waals surface area contributed by atoms with E-state index in [0.29, 0.717) is 62.4 Å². The molecule has 1 saturated carbocycles. The van der Waals surface area contributed by atoms with Crippen LogP contribution >= 0.6 is 0 Å². The van der Waals surface area contributed by atoms with Gasteiger partial charge in [0, 0.05) is 58.5 Å². The number of cyclic esters (lactones) is 1. The summed E-state index contributed by atoms with van der Waals surface area (Å²) >= 11 is 0. The molecule has 3 aliphatic heterocycles. The third-order valence-electron chi connectivity index (χ3n) is 15.4. The number of carbonyl (C=O) groups excluding carboxylic acids is 5. The van der Waals surface area contributed by atoms with Crippen molar-refractivity contribution in [2.24, 2.45) is 47.3 Å². The smallest absolute Gasteiger partial charge is 0.329 e. The summed E-state index contributed by atoms with van der Waals surface area (Å²) in [6.45, 7) is 17.4. The Balaban J connectivity index is 1.71. The zero-order valence-electron chi connectivity index (χ0n) is 42.7. The summed E-state index contributed by atoms with van der Waals surface area (Å²) in [5.41, 5.74) is 1.30. The van der Waals surface area contributed by atoms with E-state index in [1.54, 1.807) is 41.1 Å². The third-order valence-corrected chi connectivity index (χ3v) is 15.4. The second kappa shape index (κ2) is 26.0. The number of esters is 1. The van der Waals surface area contributed by atoms with E-state index in [2.05, 4.69) is 13.8 Å². The predicted octanol–water partition coefficient (Wildman–Crippen LogP) is 8.09. The number of Topliss-reactive ketones (excluding diaryl/α,β-unsaturated/α-hetero) is 3. The highest BCUT2D eigenvalue weighted by Gasteiger charge is 2.53. The van der Waals surface area contributed by atoms with Crippen LogP contribution in [0, 0.1) is 47.3 Å². The second-order valence-electron chi connectivity index (χ2n) is 20.9. The number of hydrogen-bond donors (Lipinski definition) is 2. The fourth-order valence-corrected chi connectivity index (χ4v) is 10.9. The highest BCUT2D eigenvalue weighted by molar-refractivity contribution is 6.39. The van der Waals surface area contributed by atoms with Gasteiger partial charge in [0.15, 0.2) is 5.78 Å². The largest absolute Gasteiger partial charge is 0.460 e. The number of ether oxygens (including phenoxy) is 5. The van der Waals surface area contributed by atoms with E-state index >= 15 is 0 Å². The first-order valence-corrected chi connectivity index (χ1v) is 25.2. The molecule has 13 heteroatoms. The summed E-state index contributed by atoms with van der Waals surface area (Å²) in [4.78, 5) is 72.2. The second-order valence-corrected chi connectivity index (χ2v) is 20.9. The average Bonchev–Trinajstić information content (AvgIpc) is 3.30. The number of fused-ring (bicyclic) bond motifs is 3.